The smallest absolute Gasteiger partial charge is 0.247 e. The van der Waals surface area contributed by atoms with Crippen LogP contribution in [0.25, 0.3) is 11.5 Å². The lowest BCUT2D eigenvalue weighted by Gasteiger charge is -2.17. The fourth-order valence-electron chi connectivity index (χ4n) is 2.78. The third-order valence-corrected chi connectivity index (χ3v) is 4.06. The highest BCUT2D eigenvalue weighted by molar-refractivity contribution is 5.52. The second-order valence-electron chi connectivity index (χ2n) is 5.92. The van der Waals surface area contributed by atoms with Crippen LogP contribution in [0.15, 0.2) is 83.3 Å². The Hall–Kier alpha value is -3.54. The van der Waals surface area contributed by atoms with Crippen LogP contribution >= 0.6 is 0 Å². The molecule has 0 saturated heterocycles. The Labute approximate surface area is 154 Å². The average Bonchev–Trinajstić information content (AvgIpc) is 3.18. The van der Waals surface area contributed by atoms with E-state index in [-0.39, 0.29) is 5.89 Å². The lowest BCUT2D eigenvalue weighted by Crippen LogP contribution is -2.14. The van der Waals surface area contributed by atoms with E-state index in [4.69, 9.17) is 4.42 Å². The minimum atomic E-state index is -0.766. The standard InChI is InChI=1S/C21H15F2N3O/c22-15-9-6-10-16(13-15)24-19(17-11-4-5-12-18(17)23)21-26-25-20(27-21)14-7-2-1-3-8-14/h1-13,19,24H/t19-/m0/s1. The van der Waals surface area contributed by atoms with Gasteiger partial charge in [0.1, 0.15) is 17.7 Å². The summed E-state index contributed by atoms with van der Waals surface area (Å²) < 4.78 is 33.8. The van der Waals surface area contributed by atoms with Crippen LogP contribution in [0.2, 0.25) is 0 Å². The van der Waals surface area contributed by atoms with Gasteiger partial charge in [0.15, 0.2) is 0 Å². The SMILES string of the molecule is Fc1cccc(N[C@H](c2nnc(-c3ccccc3)o2)c2ccccc2F)c1. The lowest BCUT2D eigenvalue weighted by atomic mass is 10.1. The number of rotatable bonds is 5. The molecule has 4 rings (SSSR count). The molecule has 4 nitrogen and oxygen atoms in total. The molecule has 1 aromatic heterocycles. The van der Waals surface area contributed by atoms with Crippen molar-refractivity contribution in [1.29, 1.82) is 0 Å². The van der Waals surface area contributed by atoms with Crippen molar-refractivity contribution in [2.24, 2.45) is 0 Å². The lowest BCUT2D eigenvalue weighted by molar-refractivity contribution is 0.485. The van der Waals surface area contributed by atoms with E-state index in [1.54, 1.807) is 30.3 Å². The quantitative estimate of drug-likeness (QED) is 0.528. The second kappa shape index (κ2) is 7.37. The third-order valence-electron chi connectivity index (χ3n) is 4.06. The summed E-state index contributed by atoms with van der Waals surface area (Å²) in [7, 11) is 0. The van der Waals surface area contributed by atoms with E-state index in [0.29, 0.717) is 17.1 Å². The van der Waals surface area contributed by atoms with Crippen LogP contribution in [-0.2, 0) is 0 Å². The first-order valence-corrected chi connectivity index (χ1v) is 8.36. The maximum absolute atomic E-state index is 14.4. The largest absolute Gasteiger partial charge is 0.418 e. The Kier molecular flexibility index (Phi) is 4.61. The molecule has 0 aliphatic carbocycles. The molecule has 0 saturated carbocycles. The molecule has 6 heteroatoms. The van der Waals surface area contributed by atoms with Gasteiger partial charge in [-0.2, -0.15) is 0 Å². The zero-order chi connectivity index (χ0) is 18.6. The van der Waals surface area contributed by atoms with Crippen LogP contribution in [-0.4, -0.2) is 10.2 Å². The predicted octanol–water partition coefficient (Wildman–Crippen LogP) is 5.22. The molecule has 0 spiro atoms. The van der Waals surface area contributed by atoms with Gasteiger partial charge in [0.25, 0.3) is 0 Å². The second-order valence-corrected chi connectivity index (χ2v) is 5.92. The molecule has 0 amide bonds. The van der Waals surface area contributed by atoms with Crippen LogP contribution < -0.4 is 5.32 Å². The van der Waals surface area contributed by atoms with Crippen LogP contribution in [0, 0.1) is 11.6 Å². The van der Waals surface area contributed by atoms with E-state index in [1.807, 2.05) is 30.3 Å². The van der Waals surface area contributed by atoms with E-state index in [0.717, 1.165) is 5.56 Å². The van der Waals surface area contributed by atoms with Gasteiger partial charge in [0.05, 0.1) is 0 Å². The van der Waals surface area contributed by atoms with Crippen LogP contribution in [0.3, 0.4) is 0 Å². The fraction of sp³-hybridized carbons (Fsp3) is 0.0476. The van der Waals surface area contributed by atoms with Crippen molar-refractivity contribution >= 4 is 5.69 Å². The first-order valence-electron chi connectivity index (χ1n) is 8.36. The summed E-state index contributed by atoms with van der Waals surface area (Å²) in [5.74, 6) is -0.315. The third kappa shape index (κ3) is 3.69. The Morgan fingerprint density at radius 1 is 0.815 bits per heavy atom. The van der Waals surface area contributed by atoms with Gasteiger partial charge in [0, 0.05) is 16.8 Å². The van der Waals surface area contributed by atoms with Crippen molar-refractivity contribution in [2.45, 2.75) is 6.04 Å². The number of benzene rings is 3. The molecule has 0 fully saturated rings. The Morgan fingerprint density at radius 3 is 2.37 bits per heavy atom. The van der Waals surface area contributed by atoms with E-state index < -0.39 is 17.7 Å². The summed E-state index contributed by atoms with van der Waals surface area (Å²) in [6.07, 6.45) is 0. The van der Waals surface area contributed by atoms with E-state index in [9.17, 15) is 8.78 Å². The minimum Gasteiger partial charge on any atom is -0.418 e. The van der Waals surface area contributed by atoms with E-state index in [2.05, 4.69) is 15.5 Å². The van der Waals surface area contributed by atoms with Crippen molar-refractivity contribution in [2.75, 3.05) is 5.32 Å². The van der Waals surface area contributed by atoms with Crippen LogP contribution in [0.4, 0.5) is 14.5 Å². The summed E-state index contributed by atoms with van der Waals surface area (Å²) in [5.41, 5.74) is 1.56. The van der Waals surface area contributed by atoms with Gasteiger partial charge >= 0.3 is 0 Å². The van der Waals surface area contributed by atoms with Crippen molar-refractivity contribution in [1.82, 2.24) is 10.2 Å². The molecular weight excluding hydrogens is 348 g/mol. The number of halogens is 2. The number of aromatic nitrogens is 2. The number of hydrogen-bond acceptors (Lipinski definition) is 4. The molecule has 1 heterocycles. The highest BCUT2D eigenvalue weighted by Gasteiger charge is 2.24. The maximum atomic E-state index is 14.4. The molecule has 27 heavy (non-hydrogen) atoms. The number of hydrogen-bond donors (Lipinski definition) is 1. The van der Waals surface area contributed by atoms with Gasteiger partial charge in [0.2, 0.25) is 11.8 Å². The highest BCUT2D eigenvalue weighted by atomic mass is 19.1. The van der Waals surface area contributed by atoms with Gasteiger partial charge in [-0.25, -0.2) is 8.78 Å². The maximum Gasteiger partial charge on any atom is 0.247 e. The molecule has 134 valence electrons. The van der Waals surface area contributed by atoms with Crippen molar-refractivity contribution in [3.8, 4) is 11.5 Å². The van der Waals surface area contributed by atoms with Crippen LogP contribution in [0.1, 0.15) is 17.5 Å². The molecular formula is C21H15F2N3O. The first-order chi connectivity index (χ1) is 13.2. The summed E-state index contributed by atoms with van der Waals surface area (Å²) >= 11 is 0. The highest BCUT2D eigenvalue weighted by Crippen LogP contribution is 2.30. The molecule has 1 atom stereocenters. The van der Waals surface area contributed by atoms with Gasteiger partial charge < -0.3 is 9.73 Å². The minimum absolute atomic E-state index is 0.184. The summed E-state index contributed by atoms with van der Waals surface area (Å²) in [6.45, 7) is 0. The first kappa shape index (κ1) is 16.9. The summed E-state index contributed by atoms with van der Waals surface area (Å²) in [4.78, 5) is 0. The molecule has 0 aliphatic heterocycles. The monoisotopic (exact) mass is 363 g/mol. The van der Waals surface area contributed by atoms with Crippen molar-refractivity contribution in [3.05, 3.63) is 102 Å². The van der Waals surface area contributed by atoms with Gasteiger partial charge in [-0.15, -0.1) is 10.2 Å². The molecule has 3 aromatic carbocycles. The van der Waals surface area contributed by atoms with E-state index >= 15 is 0 Å². The Bertz CT molecular complexity index is 1050. The molecule has 4 aromatic rings. The summed E-state index contributed by atoms with van der Waals surface area (Å²) in [5, 5.41) is 11.2. The molecule has 0 radical (unpaired) electrons. The molecule has 0 bridgehead atoms. The molecule has 0 aliphatic rings. The normalized spacial score (nSPS) is 11.9. The van der Waals surface area contributed by atoms with Crippen LogP contribution in [0.5, 0.6) is 0 Å². The number of anilines is 1. The zero-order valence-electron chi connectivity index (χ0n) is 14.1. The van der Waals surface area contributed by atoms with Gasteiger partial charge in [-0.1, -0.05) is 42.5 Å². The van der Waals surface area contributed by atoms with Gasteiger partial charge in [-0.05, 0) is 36.4 Å². The zero-order valence-corrected chi connectivity index (χ0v) is 14.1. The number of nitrogens with one attached hydrogen (secondary N) is 1. The van der Waals surface area contributed by atoms with Crippen molar-refractivity contribution in [3.63, 3.8) is 0 Å². The van der Waals surface area contributed by atoms with Crippen molar-refractivity contribution < 1.29 is 13.2 Å². The topological polar surface area (TPSA) is 51.0 Å². The Morgan fingerprint density at radius 2 is 1.59 bits per heavy atom. The fourth-order valence-corrected chi connectivity index (χ4v) is 2.78. The van der Waals surface area contributed by atoms with Gasteiger partial charge in [-0.3, -0.25) is 0 Å². The molecule has 0 unspecified atom stereocenters. The van der Waals surface area contributed by atoms with E-state index in [1.165, 1.54) is 18.2 Å². The summed E-state index contributed by atoms with van der Waals surface area (Å²) in [6, 6.07) is 20.7. The Balaban J connectivity index is 1.74. The number of nitrogens with zero attached hydrogens (tertiary/aromatic N) is 2. The average molecular weight is 363 g/mol. The predicted molar refractivity (Wildman–Crippen MR) is 98.0 cm³/mol. The molecule has 1 N–H and O–H groups in total.